The molecule has 0 spiro atoms. The van der Waals surface area contributed by atoms with E-state index < -0.39 is 0 Å². The number of nitrogens with zero attached hydrogens (tertiary/aromatic N) is 3. The number of rotatable bonds is 4. The molecule has 0 radical (unpaired) electrons. The first-order valence-electron chi connectivity index (χ1n) is 3.04. The number of hydrogen-bond acceptors (Lipinski definition) is 6. The molecule has 0 aromatic heterocycles. The van der Waals surface area contributed by atoms with Crippen LogP contribution < -0.4 is 5.43 Å². The van der Waals surface area contributed by atoms with E-state index in [-0.39, 0.29) is 0 Å². The van der Waals surface area contributed by atoms with Crippen molar-refractivity contribution < 1.29 is 10.4 Å². The molecule has 6 nitrogen and oxygen atoms in total. The molecule has 0 aliphatic heterocycles. The minimum atomic E-state index is 0.322. The predicted octanol–water partition coefficient (Wildman–Crippen LogP) is 0.386. The van der Waals surface area contributed by atoms with Crippen molar-refractivity contribution in [1.82, 2.24) is 5.43 Å². The zero-order chi connectivity index (χ0) is 9.40. The van der Waals surface area contributed by atoms with Crippen LogP contribution in [0.1, 0.15) is 6.92 Å². The molecule has 6 heteroatoms. The van der Waals surface area contributed by atoms with Gasteiger partial charge in [-0.2, -0.15) is 5.10 Å². The molecule has 0 atom stereocenters. The SMILES string of the molecule is C=C(C=NO)NN=C(C)C=NO. The van der Waals surface area contributed by atoms with Crippen LogP contribution in [0.25, 0.3) is 0 Å². The lowest BCUT2D eigenvalue weighted by Crippen LogP contribution is -2.09. The van der Waals surface area contributed by atoms with Gasteiger partial charge < -0.3 is 10.4 Å². The van der Waals surface area contributed by atoms with E-state index in [9.17, 15) is 0 Å². The monoisotopic (exact) mass is 170 g/mol. The van der Waals surface area contributed by atoms with Crippen LogP contribution in [0.15, 0.2) is 27.7 Å². The van der Waals surface area contributed by atoms with Crippen LogP contribution in [-0.4, -0.2) is 28.6 Å². The first-order valence-corrected chi connectivity index (χ1v) is 3.04. The van der Waals surface area contributed by atoms with E-state index in [2.05, 4.69) is 27.4 Å². The summed E-state index contributed by atoms with van der Waals surface area (Å²) in [4.78, 5) is 0. The van der Waals surface area contributed by atoms with Gasteiger partial charge >= 0.3 is 0 Å². The van der Waals surface area contributed by atoms with Crippen LogP contribution in [0.3, 0.4) is 0 Å². The summed E-state index contributed by atoms with van der Waals surface area (Å²) in [5.74, 6) is 0. The first kappa shape index (κ1) is 10.2. The number of hydrogen-bond donors (Lipinski definition) is 3. The number of allylic oxidation sites excluding steroid dienone is 1. The summed E-state index contributed by atoms with van der Waals surface area (Å²) < 4.78 is 0. The molecule has 0 saturated carbocycles. The third kappa shape index (κ3) is 4.98. The van der Waals surface area contributed by atoms with Crippen molar-refractivity contribution in [3.8, 4) is 0 Å². The van der Waals surface area contributed by atoms with Crippen LogP contribution in [0.5, 0.6) is 0 Å². The Morgan fingerprint density at radius 3 is 2.42 bits per heavy atom. The van der Waals surface area contributed by atoms with Gasteiger partial charge in [-0.05, 0) is 6.92 Å². The molecule has 0 fully saturated rings. The molecule has 0 aromatic carbocycles. The predicted molar refractivity (Wildman–Crippen MR) is 45.9 cm³/mol. The molecule has 0 aliphatic carbocycles. The van der Waals surface area contributed by atoms with Gasteiger partial charge in [0, 0.05) is 0 Å². The molecule has 3 N–H and O–H groups in total. The minimum Gasteiger partial charge on any atom is -0.411 e. The number of nitrogens with one attached hydrogen (secondary N) is 1. The molecular formula is C6H10N4O2. The number of hydrazone groups is 1. The van der Waals surface area contributed by atoms with Gasteiger partial charge in [-0.15, -0.1) is 0 Å². The second-order valence-electron chi connectivity index (χ2n) is 1.88. The molecule has 0 saturated heterocycles. The van der Waals surface area contributed by atoms with Crippen LogP contribution in [-0.2, 0) is 0 Å². The smallest absolute Gasteiger partial charge is 0.0905 e. The van der Waals surface area contributed by atoms with Gasteiger partial charge in [0.25, 0.3) is 0 Å². The van der Waals surface area contributed by atoms with Crippen molar-refractivity contribution >= 4 is 18.1 Å². The topological polar surface area (TPSA) is 89.6 Å². The maximum atomic E-state index is 8.08. The van der Waals surface area contributed by atoms with Crippen molar-refractivity contribution in [3.05, 3.63) is 12.3 Å². The number of oxime groups is 2. The second kappa shape index (κ2) is 5.90. The zero-order valence-corrected chi connectivity index (χ0v) is 6.60. The van der Waals surface area contributed by atoms with E-state index in [0.717, 1.165) is 12.4 Å². The summed E-state index contributed by atoms with van der Waals surface area (Å²) in [6, 6.07) is 0. The van der Waals surface area contributed by atoms with E-state index in [0.29, 0.717) is 11.4 Å². The summed E-state index contributed by atoms with van der Waals surface area (Å²) >= 11 is 0. The van der Waals surface area contributed by atoms with E-state index in [4.69, 9.17) is 10.4 Å². The zero-order valence-electron chi connectivity index (χ0n) is 6.60. The lowest BCUT2D eigenvalue weighted by atomic mass is 10.5. The lowest BCUT2D eigenvalue weighted by Gasteiger charge is -1.96. The maximum absolute atomic E-state index is 8.08. The van der Waals surface area contributed by atoms with Crippen molar-refractivity contribution in [2.24, 2.45) is 15.4 Å². The highest BCUT2D eigenvalue weighted by Crippen LogP contribution is 1.78. The van der Waals surface area contributed by atoms with Crippen molar-refractivity contribution in [1.29, 1.82) is 0 Å². The molecular weight excluding hydrogens is 160 g/mol. The standard InChI is InChI=1S/C6H10N4O2/c1-5(3-7-11)9-10-6(2)4-8-12/h3-4,9,11-12H,1H2,2H3. The van der Waals surface area contributed by atoms with E-state index in [1.54, 1.807) is 6.92 Å². The van der Waals surface area contributed by atoms with Crippen LogP contribution in [0, 0.1) is 0 Å². The average Bonchev–Trinajstić information content (AvgIpc) is 2.02. The third-order valence-electron chi connectivity index (χ3n) is 0.834. The lowest BCUT2D eigenvalue weighted by molar-refractivity contribution is 0.321. The molecule has 0 rings (SSSR count). The van der Waals surface area contributed by atoms with Gasteiger partial charge in [0.15, 0.2) is 0 Å². The summed E-state index contributed by atoms with van der Waals surface area (Å²) in [5.41, 5.74) is 3.24. The van der Waals surface area contributed by atoms with Gasteiger partial charge in [-0.3, -0.25) is 5.43 Å². The van der Waals surface area contributed by atoms with Crippen molar-refractivity contribution in [2.75, 3.05) is 0 Å². The Hall–Kier alpha value is -1.85. The first-order chi connectivity index (χ1) is 5.70. The third-order valence-corrected chi connectivity index (χ3v) is 0.834. The molecule has 0 aromatic rings. The molecule has 0 aliphatic rings. The highest BCUT2D eigenvalue weighted by Gasteiger charge is 1.86. The molecule has 0 amide bonds. The minimum absolute atomic E-state index is 0.322. The van der Waals surface area contributed by atoms with Gasteiger partial charge in [0.1, 0.15) is 0 Å². The summed E-state index contributed by atoms with van der Waals surface area (Å²) in [7, 11) is 0. The van der Waals surface area contributed by atoms with Gasteiger partial charge in [-0.1, -0.05) is 16.9 Å². The molecule has 0 bridgehead atoms. The molecule has 0 unspecified atom stereocenters. The fourth-order valence-corrected chi connectivity index (χ4v) is 0.371. The normalized spacial score (nSPS) is 12.6. The molecule has 0 heterocycles. The van der Waals surface area contributed by atoms with Crippen molar-refractivity contribution in [3.63, 3.8) is 0 Å². The van der Waals surface area contributed by atoms with Crippen LogP contribution in [0.2, 0.25) is 0 Å². The highest BCUT2D eigenvalue weighted by molar-refractivity contribution is 6.29. The fourth-order valence-electron chi connectivity index (χ4n) is 0.371. The van der Waals surface area contributed by atoms with E-state index in [1.165, 1.54) is 0 Å². The second-order valence-corrected chi connectivity index (χ2v) is 1.88. The van der Waals surface area contributed by atoms with E-state index >= 15 is 0 Å². The molecule has 12 heavy (non-hydrogen) atoms. The average molecular weight is 170 g/mol. The van der Waals surface area contributed by atoms with Gasteiger partial charge in [-0.25, -0.2) is 0 Å². The van der Waals surface area contributed by atoms with Gasteiger partial charge in [0.2, 0.25) is 0 Å². The van der Waals surface area contributed by atoms with Crippen LogP contribution in [0.4, 0.5) is 0 Å². The molecule has 66 valence electrons. The quantitative estimate of drug-likeness (QED) is 0.324. The Labute approximate surface area is 69.6 Å². The maximum Gasteiger partial charge on any atom is 0.0905 e. The van der Waals surface area contributed by atoms with Crippen LogP contribution >= 0.6 is 0 Å². The fraction of sp³-hybridized carbons (Fsp3) is 0.167. The summed E-state index contributed by atoms with van der Waals surface area (Å²) in [5, 5.41) is 25.3. The Kier molecular flexibility index (Phi) is 4.99. The Balaban J connectivity index is 3.95. The largest absolute Gasteiger partial charge is 0.411 e. The Morgan fingerprint density at radius 1 is 1.33 bits per heavy atom. The van der Waals surface area contributed by atoms with Gasteiger partial charge in [0.05, 0.1) is 23.8 Å². The Morgan fingerprint density at radius 2 is 1.92 bits per heavy atom. The summed E-state index contributed by atoms with van der Waals surface area (Å²) in [6.45, 7) is 5.06. The highest BCUT2D eigenvalue weighted by atomic mass is 16.4. The van der Waals surface area contributed by atoms with E-state index in [1.807, 2.05) is 0 Å². The van der Waals surface area contributed by atoms with Crippen molar-refractivity contribution in [2.45, 2.75) is 6.92 Å². The Bertz CT molecular complexity index is 232. The summed E-state index contributed by atoms with van der Waals surface area (Å²) in [6.07, 6.45) is 2.24.